The molecule has 1 heterocycles. The Hall–Kier alpha value is -1.99. The van der Waals surface area contributed by atoms with Gasteiger partial charge < -0.3 is 15.0 Å². The van der Waals surface area contributed by atoms with Gasteiger partial charge in [0.2, 0.25) is 0 Å². The molecule has 88 valence electrons. The van der Waals surface area contributed by atoms with Gasteiger partial charge in [-0.15, -0.1) is 0 Å². The molecule has 1 unspecified atom stereocenters. The third-order valence-electron chi connectivity index (χ3n) is 2.53. The van der Waals surface area contributed by atoms with Crippen LogP contribution in [0.2, 0.25) is 0 Å². The van der Waals surface area contributed by atoms with Gasteiger partial charge in [-0.05, 0) is 31.2 Å². The summed E-state index contributed by atoms with van der Waals surface area (Å²) in [7, 11) is 0. The second kappa shape index (κ2) is 4.89. The molecule has 17 heavy (non-hydrogen) atoms. The van der Waals surface area contributed by atoms with Gasteiger partial charge in [-0.3, -0.25) is 0 Å². The summed E-state index contributed by atoms with van der Waals surface area (Å²) in [5.74, 6) is 0.720. The maximum atomic E-state index is 8.45. The lowest BCUT2D eigenvalue weighted by Crippen LogP contribution is -2.21. The molecule has 0 saturated heterocycles. The molecular formula is C13H15N3O. The molecule has 0 amide bonds. The Morgan fingerprint density at radius 1 is 1.47 bits per heavy atom. The lowest BCUT2D eigenvalue weighted by atomic mass is 10.2. The van der Waals surface area contributed by atoms with Crippen molar-refractivity contribution in [2.24, 2.45) is 5.73 Å². The predicted molar refractivity (Wildman–Crippen MR) is 66.7 cm³/mol. The molecule has 4 nitrogen and oxygen atoms in total. The highest BCUT2D eigenvalue weighted by atomic mass is 16.5. The molecule has 2 aromatic rings. The zero-order valence-electron chi connectivity index (χ0n) is 9.76. The summed E-state index contributed by atoms with van der Waals surface area (Å²) >= 11 is 0. The first-order valence-corrected chi connectivity index (χ1v) is 5.55. The minimum Gasteiger partial charge on any atom is -0.479 e. The van der Waals surface area contributed by atoms with E-state index in [4.69, 9.17) is 15.7 Å². The van der Waals surface area contributed by atoms with E-state index in [-0.39, 0.29) is 12.6 Å². The third kappa shape index (κ3) is 2.58. The topological polar surface area (TPSA) is 64.0 Å². The van der Waals surface area contributed by atoms with Crippen LogP contribution in [0.5, 0.6) is 5.75 Å². The quantitative estimate of drug-likeness (QED) is 0.870. The van der Waals surface area contributed by atoms with Gasteiger partial charge in [0, 0.05) is 29.7 Å². The monoisotopic (exact) mass is 229 g/mol. The van der Waals surface area contributed by atoms with Gasteiger partial charge in [0.1, 0.15) is 11.8 Å². The minimum absolute atomic E-state index is 0.0754. The van der Waals surface area contributed by atoms with Gasteiger partial charge >= 0.3 is 0 Å². The number of aromatic nitrogens is 1. The lowest BCUT2D eigenvalue weighted by Gasteiger charge is -2.08. The number of nitrogens with two attached hydrogens (primary N) is 1. The van der Waals surface area contributed by atoms with Gasteiger partial charge in [-0.1, -0.05) is 0 Å². The number of nitriles is 1. The molecule has 0 bridgehead atoms. The van der Waals surface area contributed by atoms with Crippen LogP contribution in [0.15, 0.2) is 30.5 Å². The summed E-state index contributed by atoms with van der Waals surface area (Å²) < 4.78 is 7.38. The Morgan fingerprint density at radius 2 is 2.29 bits per heavy atom. The van der Waals surface area contributed by atoms with Crippen LogP contribution in [0.4, 0.5) is 0 Å². The van der Waals surface area contributed by atoms with Crippen molar-refractivity contribution in [3.63, 3.8) is 0 Å². The molecule has 4 heteroatoms. The Balaban J connectivity index is 2.28. The molecule has 0 spiro atoms. The fraction of sp³-hybridized carbons (Fsp3) is 0.308. The molecule has 1 aromatic heterocycles. The van der Waals surface area contributed by atoms with Gasteiger partial charge in [-0.2, -0.15) is 5.26 Å². The van der Waals surface area contributed by atoms with E-state index < -0.39 is 0 Å². The van der Waals surface area contributed by atoms with E-state index in [0.717, 1.165) is 23.2 Å². The van der Waals surface area contributed by atoms with E-state index >= 15 is 0 Å². The zero-order chi connectivity index (χ0) is 12.3. The first-order valence-electron chi connectivity index (χ1n) is 5.55. The second-order valence-corrected chi connectivity index (χ2v) is 4.11. The van der Waals surface area contributed by atoms with Gasteiger partial charge in [-0.25, -0.2) is 0 Å². The van der Waals surface area contributed by atoms with Crippen LogP contribution in [-0.2, 0) is 6.54 Å². The third-order valence-corrected chi connectivity index (χ3v) is 2.53. The highest BCUT2D eigenvalue weighted by Gasteiger charge is 2.04. The molecule has 0 radical (unpaired) electrons. The summed E-state index contributed by atoms with van der Waals surface area (Å²) in [5.41, 5.74) is 6.92. The molecule has 0 saturated carbocycles. The van der Waals surface area contributed by atoms with Crippen molar-refractivity contribution in [3.05, 3.63) is 30.5 Å². The number of benzene rings is 1. The van der Waals surface area contributed by atoms with Crippen LogP contribution in [0.25, 0.3) is 10.9 Å². The van der Waals surface area contributed by atoms with Crippen molar-refractivity contribution in [1.82, 2.24) is 4.57 Å². The average Bonchev–Trinajstić information content (AvgIpc) is 2.68. The molecule has 0 fully saturated rings. The zero-order valence-corrected chi connectivity index (χ0v) is 9.76. The Labute approximate surface area is 100 Å². The molecule has 0 aliphatic heterocycles. The summed E-state index contributed by atoms with van der Waals surface area (Å²) in [6.45, 7) is 2.85. The highest BCUT2D eigenvalue weighted by molar-refractivity contribution is 5.81. The number of fused-ring (bicyclic) bond motifs is 1. The summed E-state index contributed by atoms with van der Waals surface area (Å²) in [6, 6.07) is 9.90. The Bertz CT molecular complexity index is 551. The Kier molecular flexibility index (Phi) is 3.31. The standard InChI is InChI=1S/C13H15N3O/c1-10(15)9-16-6-4-11-8-12(17-7-5-14)2-3-13(11)16/h2-4,6,8,10H,7,9,15H2,1H3. The lowest BCUT2D eigenvalue weighted by molar-refractivity contribution is 0.368. The first kappa shape index (κ1) is 11.5. The summed E-state index contributed by atoms with van der Waals surface area (Å²) in [6.07, 6.45) is 2.02. The van der Waals surface area contributed by atoms with Crippen molar-refractivity contribution < 1.29 is 4.74 Å². The van der Waals surface area contributed by atoms with Crippen LogP contribution < -0.4 is 10.5 Å². The normalized spacial score (nSPS) is 12.3. The fourth-order valence-corrected chi connectivity index (χ4v) is 1.85. The van der Waals surface area contributed by atoms with Crippen molar-refractivity contribution in [3.8, 4) is 11.8 Å². The van der Waals surface area contributed by atoms with E-state index in [1.165, 1.54) is 0 Å². The van der Waals surface area contributed by atoms with Crippen LogP contribution in [0, 0.1) is 11.3 Å². The van der Waals surface area contributed by atoms with Crippen molar-refractivity contribution in [1.29, 1.82) is 5.26 Å². The van der Waals surface area contributed by atoms with E-state index in [1.54, 1.807) is 0 Å². The number of rotatable bonds is 4. The molecule has 2 rings (SSSR count). The SMILES string of the molecule is CC(N)Cn1ccc2cc(OCC#N)ccc21. The molecule has 1 atom stereocenters. The minimum atomic E-state index is 0.0754. The number of nitrogens with zero attached hydrogens (tertiary/aromatic N) is 2. The smallest absolute Gasteiger partial charge is 0.174 e. The van der Waals surface area contributed by atoms with Gasteiger partial charge in [0.25, 0.3) is 0 Å². The van der Waals surface area contributed by atoms with E-state index in [9.17, 15) is 0 Å². The molecular weight excluding hydrogens is 214 g/mol. The Morgan fingerprint density at radius 3 is 3.00 bits per heavy atom. The molecule has 1 aromatic carbocycles. The van der Waals surface area contributed by atoms with Gasteiger partial charge in [0.05, 0.1) is 0 Å². The van der Waals surface area contributed by atoms with Crippen molar-refractivity contribution >= 4 is 10.9 Å². The van der Waals surface area contributed by atoms with Gasteiger partial charge in [0.15, 0.2) is 6.61 Å². The molecule has 2 N–H and O–H groups in total. The molecule has 0 aliphatic rings. The second-order valence-electron chi connectivity index (χ2n) is 4.11. The summed E-state index contributed by atoms with van der Waals surface area (Å²) in [4.78, 5) is 0. The predicted octanol–water partition coefficient (Wildman–Crippen LogP) is 1.89. The van der Waals surface area contributed by atoms with E-state index in [2.05, 4.69) is 4.57 Å². The van der Waals surface area contributed by atoms with E-state index in [0.29, 0.717) is 0 Å². The van der Waals surface area contributed by atoms with Crippen LogP contribution in [0.1, 0.15) is 6.92 Å². The number of ether oxygens (including phenoxy) is 1. The fourth-order valence-electron chi connectivity index (χ4n) is 1.85. The van der Waals surface area contributed by atoms with Crippen LogP contribution in [-0.4, -0.2) is 17.2 Å². The highest BCUT2D eigenvalue weighted by Crippen LogP contribution is 2.22. The van der Waals surface area contributed by atoms with Crippen LogP contribution in [0.3, 0.4) is 0 Å². The number of hydrogen-bond acceptors (Lipinski definition) is 3. The van der Waals surface area contributed by atoms with E-state index in [1.807, 2.05) is 43.5 Å². The molecule has 0 aliphatic carbocycles. The maximum Gasteiger partial charge on any atom is 0.174 e. The van der Waals surface area contributed by atoms with Crippen molar-refractivity contribution in [2.75, 3.05) is 6.61 Å². The first-order chi connectivity index (χ1) is 8.20. The van der Waals surface area contributed by atoms with Crippen molar-refractivity contribution in [2.45, 2.75) is 19.5 Å². The number of hydrogen-bond donors (Lipinski definition) is 1. The largest absolute Gasteiger partial charge is 0.479 e. The van der Waals surface area contributed by atoms with Crippen LogP contribution >= 0.6 is 0 Å². The maximum absolute atomic E-state index is 8.45. The summed E-state index contributed by atoms with van der Waals surface area (Å²) in [5, 5.41) is 9.55. The average molecular weight is 229 g/mol.